The zero-order valence-electron chi connectivity index (χ0n) is 37.5. The van der Waals surface area contributed by atoms with Crippen LogP contribution in [0, 0.1) is 6.92 Å². The van der Waals surface area contributed by atoms with Gasteiger partial charge in [-0.2, -0.15) is 0 Å². The molecule has 0 fully saturated rings. The molecule has 310 valence electrons. The lowest BCUT2D eigenvalue weighted by atomic mass is 9.30. The van der Waals surface area contributed by atoms with E-state index < -0.39 is 0 Å². The predicted molar refractivity (Wildman–Crippen MR) is 281 cm³/mol. The molecule has 8 heterocycles. The van der Waals surface area contributed by atoms with E-state index in [-0.39, 0.29) is 24.3 Å². The molecule has 0 amide bonds. The third-order valence-electron chi connectivity index (χ3n) is 16.7. The lowest BCUT2D eigenvalue weighted by Crippen LogP contribution is -2.63. The SMILES string of the molecule is Cc1cc2c3c(c1)C(C)(C)c1ccccc1B3c1ccc(Cc3cc4c5c(c3)C(C)(C)c3ccccc3B5c3cccc5c6oc7ccccc7c6n-4c35)c3c4sc5ccccc5c4n-2c13. The van der Waals surface area contributed by atoms with Crippen molar-refractivity contribution in [2.45, 2.75) is 51.9 Å². The van der Waals surface area contributed by atoms with Gasteiger partial charge in [-0.05, 0) is 111 Å². The predicted octanol–water partition coefficient (Wildman–Crippen LogP) is 10.7. The van der Waals surface area contributed by atoms with Crippen molar-refractivity contribution in [3.05, 3.63) is 191 Å². The van der Waals surface area contributed by atoms with E-state index in [1.165, 1.54) is 131 Å². The van der Waals surface area contributed by atoms with Crippen LogP contribution in [0.5, 0.6) is 0 Å². The fourth-order valence-corrected chi connectivity index (χ4v) is 15.3. The van der Waals surface area contributed by atoms with Crippen LogP contribution >= 0.6 is 11.3 Å². The lowest BCUT2D eigenvalue weighted by Gasteiger charge is -2.42. The summed E-state index contributed by atoms with van der Waals surface area (Å²) < 4.78 is 14.8. The first-order valence-electron chi connectivity index (χ1n) is 23.6. The van der Waals surface area contributed by atoms with E-state index in [2.05, 4.69) is 195 Å². The fourth-order valence-electron chi connectivity index (χ4n) is 14.0. The summed E-state index contributed by atoms with van der Waals surface area (Å²) in [7, 11) is 0. The number of hydrogen-bond donors (Lipinski definition) is 0. The van der Waals surface area contributed by atoms with Crippen LogP contribution in [-0.4, -0.2) is 22.6 Å². The summed E-state index contributed by atoms with van der Waals surface area (Å²) in [5.74, 6) is 0. The number of benzene rings is 8. The highest BCUT2D eigenvalue weighted by atomic mass is 32.1. The number of nitrogens with zero attached hydrogens (tertiary/aromatic N) is 2. The van der Waals surface area contributed by atoms with E-state index in [1.54, 1.807) is 0 Å². The van der Waals surface area contributed by atoms with Crippen LogP contribution < -0.4 is 32.8 Å². The third kappa shape index (κ3) is 4.13. The molecule has 3 nitrogen and oxygen atoms in total. The van der Waals surface area contributed by atoms with E-state index in [9.17, 15) is 0 Å². The maximum Gasteiger partial charge on any atom is 0.247 e. The molecule has 16 rings (SSSR count). The average molecular weight is 861 g/mol. The molecule has 0 N–H and O–H groups in total. The van der Waals surface area contributed by atoms with E-state index in [4.69, 9.17) is 4.42 Å². The number of para-hydroxylation sites is 2. The number of thiophene rings is 1. The number of aryl methyl sites for hydroxylation is 1. The summed E-state index contributed by atoms with van der Waals surface area (Å²) in [4.78, 5) is 0. The van der Waals surface area contributed by atoms with Crippen LogP contribution in [0.4, 0.5) is 0 Å². The first-order valence-corrected chi connectivity index (χ1v) is 24.4. The van der Waals surface area contributed by atoms with Crippen molar-refractivity contribution in [3.8, 4) is 11.4 Å². The largest absolute Gasteiger partial charge is 0.454 e. The van der Waals surface area contributed by atoms with Gasteiger partial charge in [0, 0.05) is 48.4 Å². The first-order chi connectivity index (χ1) is 32.2. The van der Waals surface area contributed by atoms with E-state index >= 15 is 0 Å². The number of fused-ring (bicyclic) bond motifs is 18. The van der Waals surface area contributed by atoms with Gasteiger partial charge in [0.2, 0.25) is 13.4 Å². The minimum atomic E-state index is -0.215. The molecule has 66 heavy (non-hydrogen) atoms. The van der Waals surface area contributed by atoms with Crippen molar-refractivity contribution in [2.75, 3.05) is 0 Å². The molecule has 0 bridgehead atoms. The van der Waals surface area contributed by atoms with Crippen molar-refractivity contribution in [3.63, 3.8) is 0 Å². The molecule has 0 radical (unpaired) electrons. The Morgan fingerprint density at radius 1 is 0.515 bits per heavy atom. The first kappa shape index (κ1) is 36.2. The van der Waals surface area contributed by atoms with Crippen molar-refractivity contribution in [2.24, 2.45) is 0 Å². The highest BCUT2D eigenvalue weighted by Gasteiger charge is 2.47. The second-order valence-corrected chi connectivity index (χ2v) is 21.8. The van der Waals surface area contributed by atoms with Crippen molar-refractivity contribution in [1.29, 1.82) is 0 Å². The van der Waals surface area contributed by atoms with Gasteiger partial charge in [0.05, 0.1) is 21.3 Å². The Kier molecular flexibility index (Phi) is 6.51. The molecule has 0 aliphatic carbocycles. The van der Waals surface area contributed by atoms with Gasteiger partial charge in [-0.3, -0.25) is 0 Å². The molecule has 0 unspecified atom stereocenters. The van der Waals surface area contributed by atoms with Crippen LogP contribution in [0.25, 0.3) is 75.6 Å². The van der Waals surface area contributed by atoms with Gasteiger partial charge in [-0.1, -0.05) is 154 Å². The Morgan fingerprint density at radius 3 is 1.89 bits per heavy atom. The zero-order valence-corrected chi connectivity index (χ0v) is 38.3. The molecule has 12 aromatic rings. The Bertz CT molecular complexity index is 4250. The molecular formula is C60H42B2N2OS. The highest BCUT2D eigenvalue weighted by Crippen LogP contribution is 2.48. The molecule has 0 atom stereocenters. The Morgan fingerprint density at radius 2 is 1.12 bits per heavy atom. The van der Waals surface area contributed by atoms with Crippen LogP contribution in [0.3, 0.4) is 0 Å². The Hall–Kier alpha value is -7.01. The monoisotopic (exact) mass is 860 g/mol. The minimum Gasteiger partial charge on any atom is -0.454 e. The second kappa shape index (κ2) is 11.9. The summed E-state index contributed by atoms with van der Waals surface area (Å²) in [5, 5.41) is 5.09. The molecule has 0 saturated carbocycles. The summed E-state index contributed by atoms with van der Waals surface area (Å²) in [6, 6.07) is 58.2. The molecule has 0 saturated heterocycles. The average Bonchev–Trinajstić information content (AvgIpc) is 4.07. The lowest BCUT2D eigenvalue weighted by molar-refractivity contribution is 0.644. The van der Waals surface area contributed by atoms with Gasteiger partial charge in [0.25, 0.3) is 0 Å². The second-order valence-electron chi connectivity index (χ2n) is 20.8. The topological polar surface area (TPSA) is 23.0 Å². The van der Waals surface area contributed by atoms with E-state index in [0.29, 0.717) is 0 Å². The molecular weight excluding hydrogens is 818 g/mol. The van der Waals surface area contributed by atoms with E-state index in [1.807, 2.05) is 11.3 Å². The third-order valence-corrected chi connectivity index (χ3v) is 17.9. The molecule has 4 aliphatic rings. The Balaban J connectivity index is 1.01. The van der Waals surface area contributed by atoms with Crippen LogP contribution in [0.15, 0.2) is 156 Å². The molecule has 8 aromatic carbocycles. The Labute approximate surface area is 387 Å². The van der Waals surface area contributed by atoms with Gasteiger partial charge in [-0.25, -0.2) is 0 Å². The number of hydrogen-bond acceptors (Lipinski definition) is 2. The van der Waals surface area contributed by atoms with Gasteiger partial charge in [-0.15, -0.1) is 11.3 Å². The maximum absolute atomic E-state index is 6.81. The quantitative estimate of drug-likeness (QED) is 0.159. The van der Waals surface area contributed by atoms with Gasteiger partial charge in [0.1, 0.15) is 11.1 Å². The summed E-state index contributed by atoms with van der Waals surface area (Å²) in [5.41, 5.74) is 27.7. The van der Waals surface area contributed by atoms with Crippen LogP contribution in [0.2, 0.25) is 0 Å². The van der Waals surface area contributed by atoms with Crippen LogP contribution in [-0.2, 0) is 17.3 Å². The number of rotatable bonds is 2. The normalized spacial score (nSPS) is 15.6. The van der Waals surface area contributed by atoms with Gasteiger partial charge in [0.15, 0.2) is 5.58 Å². The number of aromatic nitrogens is 2. The van der Waals surface area contributed by atoms with Crippen LogP contribution in [0.1, 0.15) is 66.6 Å². The van der Waals surface area contributed by atoms with Crippen molar-refractivity contribution in [1.82, 2.24) is 9.13 Å². The summed E-state index contributed by atoms with van der Waals surface area (Å²) in [6.07, 6.45) is 0.814. The molecule has 4 aromatic heterocycles. The highest BCUT2D eigenvalue weighted by molar-refractivity contribution is 7.26. The van der Waals surface area contributed by atoms with Gasteiger partial charge >= 0.3 is 0 Å². The molecule has 0 spiro atoms. The van der Waals surface area contributed by atoms with Gasteiger partial charge < -0.3 is 13.6 Å². The standard InChI is InChI=1S/C60H42B2N2OS/c1-32-27-40-51-46(28-32)64-55-36-16-7-13-24-49(36)66-58(55)50-34(25-26-45(56(50)64)62(51)43-21-11-8-18-38(43)59(40,2)3)29-33-30-41-52-47(31-33)63-53-37(57-54(63)35-15-6-12-23-48(35)65-57)17-14-22-44(53)61(52)42-20-10-9-19-39(42)60(41,4)5/h6-28,30-31H,29H2,1-5H3. The zero-order chi connectivity index (χ0) is 43.7. The molecule has 4 aliphatic heterocycles. The van der Waals surface area contributed by atoms with Crippen molar-refractivity contribution < 1.29 is 4.42 Å². The maximum atomic E-state index is 6.81. The smallest absolute Gasteiger partial charge is 0.247 e. The number of furan rings is 1. The van der Waals surface area contributed by atoms with Crippen molar-refractivity contribution >= 4 is 122 Å². The fraction of sp³-hybridized carbons (Fsp3) is 0.133. The van der Waals surface area contributed by atoms with E-state index in [0.717, 1.165) is 23.0 Å². The molecule has 6 heteroatoms. The summed E-state index contributed by atoms with van der Waals surface area (Å²) >= 11 is 1.97. The minimum absolute atomic E-state index is 0.122. The summed E-state index contributed by atoms with van der Waals surface area (Å²) in [6.45, 7) is 12.3.